The Bertz CT molecular complexity index is 1410. The van der Waals surface area contributed by atoms with Gasteiger partial charge in [-0.3, -0.25) is 0 Å². The Balaban J connectivity index is 1.76. The van der Waals surface area contributed by atoms with Gasteiger partial charge in [-0.2, -0.15) is 0 Å². The first-order valence-corrected chi connectivity index (χ1v) is 10.5. The van der Waals surface area contributed by atoms with Gasteiger partial charge < -0.3 is 0 Å². The standard InChI is InChI=1S/C29H21F3/c1-16-4-5-17(2)29(22-9-7-20-13-26(31)27(32)15-24(20)12-22)28(16)21-8-6-19-10-18(3)25(30)14-23(19)11-21/h4-15H,1-3H3. The molecule has 0 aliphatic rings. The molecule has 0 aliphatic carbocycles. The van der Waals surface area contributed by atoms with Crippen LogP contribution in [0.15, 0.2) is 72.8 Å². The molecule has 0 saturated carbocycles. The predicted molar refractivity (Wildman–Crippen MR) is 126 cm³/mol. The van der Waals surface area contributed by atoms with Gasteiger partial charge in [-0.05, 0) is 118 Å². The van der Waals surface area contributed by atoms with Crippen LogP contribution in [0.1, 0.15) is 16.7 Å². The second kappa shape index (κ2) is 7.52. The summed E-state index contributed by atoms with van der Waals surface area (Å²) < 4.78 is 41.8. The van der Waals surface area contributed by atoms with E-state index in [-0.39, 0.29) is 5.82 Å². The minimum absolute atomic E-state index is 0.223. The van der Waals surface area contributed by atoms with Crippen LogP contribution in [0.3, 0.4) is 0 Å². The number of hydrogen-bond donors (Lipinski definition) is 0. The Kier molecular flexibility index (Phi) is 4.78. The molecule has 0 N–H and O–H groups in total. The summed E-state index contributed by atoms with van der Waals surface area (Å²) in [5.74, 6) is -1.93. The molecule has 5 aromatic rings. The fraction of sp³-hybridized carbons (Fsp3) is 0.103. The Morgan fingerprint density at radius 3 is 1.38 bits per heavy atom. The van der Waals surface area contributed by atoms with Crippen LogP contribution >= 0.6 is 0 Å². The highest BCUT2D eigenvalue weighted by molar-refractivity contribution is 5.96. The molecule has 0 heterocycles. The van der Waals surface area contributed by atoms with Crippen molar-refractivity contribution in [3.8, 4) is 22.3 Å². The lowest BCUT2D eigenvalue weighted by Gasteiger charge is -2.18. The molecule has 0 amide bonds. The van der Waals surface area contributed by atoms with Crippen molar-refractivity contribution in [2.24, 2.45) is 0 Å². The molecule has 5 rings (SSSR count). The average Bonchev–Trinajstić information content (AvgIpc) is 2.76. The second-order valence-corrected chi connectivity index (χ2v) is 8.44. The number of fused-ring (bicyclic) bond motifs is 2. The van der Waals surface area contributed by atoms with Gasteiger partial charge in [0.25, 0.3) is 0 Å². The molecule has 5 aromatic carbocycles. The Hall–Kier alpha value is -3.59. The molecule has 0 radical (unpaired) electrons. The van der Waals surface area contributed by atoms with E-state index in [9.17, 15) is 13.2 Å². The van der Waals surface area contributed by atoms with E-state index in [0.717, 1.165) is 44.2 Å². The van der Waals surface area contributed by atoms with Crippen LogP contribution in [0.5, 0.6) is 0 Å². The fourth-order valence-electron chi connectivity index (χ4n) is 4.49. The van der Waals surface area contributed by atoms with E-state index in [1.165, 1.54) is 12.1 Å². The van der Waals surface area contributed by atoms with Gasteiger partial charge in [-0.25, -0.2) is 13.2 Å². The fourth-order valence-corrected chi connectivity index (χ4v) is 4.49. The summed E-state index contributed by atoms with van der Waals surface area (Å²) in [6.07, 6.45) is 0. The van der Waals surface area contributed by atoms with E-state index in [0.29, 0.717) is 16.3 Å². The van der Waals surface area contributed by atoms with Crippen molar-refractivity contribution in [1.29, 1.82) is 0 Å². The van der Waals surface area contributed by atoms with Crippen molar-refractivity contribution in [3.63, 3.8) is 0 Å². The zero-order valence-electron chi connectivity index (χ0n) is 18.1. The summed E-state index contributed by atoms with van der Waals surface area (Å²) in [6.45, 7) is 5.85. The molecule has 0 atom stereocenters. The molecule has 0 unspecified atom stereocenters. The van der Waals surface area contributed by atoms with Crippen LogP contribution in [0.4, 0.5) is 13.2 Å². The Morgan fingerprint density at radius 2 is 0.844 bits per heavy atom. The molecule has 0 spiro atoms. The highest BCUT2D eigenvalue weighted by Crippen LogP contribution is 2.39. The molecule has 0 aromatic heterocycles. The molecule has 0 bridgehead atoms. The van der Waals surface area contributed by atoms with Crippen LogP contribution in [0.25, 0.3) is 43.8 Å². The SMILES string of the molecule is Cc1cc2ccc(-c3c(C)ccc(C)c3-c3ccc4cc(F)c(F)cc4c3)cc2cc1F. The zero-order chi connectivity index (χ0) is 22.6. The lowest BCUT2D eigenvalue weighted by atomic mass is 9.86. The number of aryl methyl sites for hydroxylation is 3. The van der Waals surface area contributed by atoms with Crippen LogP contribution < -0.4 is 0 Å². The normalized spacial score (nSPS) is 11.4. The summed E-state index contributed by atoms with van der Waals surface area (Å²) in [7, 11) is 0. The largest absolute Gasteiger partial charge is 0.207 e. The quantitative estimate of drug-likeness (QED) is 0.265. The molecular weight excluding hydrogens is 405 g/mol. The second-order valence-electron chi connectivity index (χ2n) is 8.44. The van der Waals surface area contributed by atoms with Crippen LogP contribution in [0, 0.1) is 38.2 Å². The molecule has 32 heavy (non-hydrogen) atoms. The first kappa shape index (κ1) is 20.3. The van der Waals surface area contributed by atoms with E-state index in [4.69, 9.17) is 0 Å². The molecule has 0 fully saturated rings. The van der Waals surface area contributed by atoms with Gasteiger partial charge in [-0.15, -0.1) is 0 Å². The highest BCUT2D eigenvalue weighted by Gasteiger charge is 2.15. The van der Waals surface area contributed by atoms with Gasteiger partial charge in [0.1, 0.15) is 5.82 Å². The average molecular weight is 426 g/mol. The van der Waals surface area contributed by atoms with Gasteiger partial charge in [0.15, 0.2) is 11.6 Å². The van der Waals surface area contributed by atoms with Crippen molar-refractivity contribution < 1.29 is 13.2 Å². The number of halogens is 3. The molecule has 3 heteroatoms. The Morgan fingerprint density at radius 1 is 0.406 bits per heavy atom. The van der Waals surface area contributed by atoms with Gasteiger partial charge in [-0.1, -0.05) is 36.4 Å². The molecule has 0 nitrogen and oxygen atoms in total. The van der Waals surface area contributed by atoms with Crippen molar-refractivity contribution in [1.82, 2.24) is 0 Å². The van der Waals surface area contributed by atoms with Crippen LogP contribution in [-0.2, 0) is 0 Å². The monoisotopic (exact) mass is 426 g/mol. The molecular formula is C29H21F3. The van der Waals surface area contributed by atoms with Crippen molar-refractivity contribution in [2.45, 2.75) is 20.8 Å². The third-order valence-electron chi connectivity index (χ3n) is 6.20. The van der Waals surface area contributed by atoms with Gasteiger partial charge in [0.2, 0.25) is 0 Å². The molecule has 158 valence electrons. The number of rotatable bonds is 2. The van der Waals surface area contributed by atoms with Crippen molar-refractivity contribution >= 4 is 21.5 Å². The lowest BCUT2D eigenvalue weighted by molar-refractivity contribution is 0.511. The van der Waals surface area contributed by atoms with Gasteiger partial charge in [0.05, 0.1) is 0 Å². The van der Waals surface area contributed by atoms with E-state index >= 15 is 0 Å². The highest BCUT2D eigenvalue weighted by atomic mass is 19.2. The first-order chi connectivity index (χ1) is 15.3. The first-order valence-electron chi connectivity index (χ1n) is 10.5. The third kappa shape index (κ3) is 3.34. The topological polar surface area (TPSA) is 0 Å². The number of hydrogen-bond acceptors (Lipinski definition) is 0. The molecule has 0 aliphatic heterocycles. The third-order valence-corrected chi connectivity index (χ3v) is 6.20. The predicted octanol–water partition coefficient (Wildman–Crippen LogP) is 8.67. The summed E-state index contributed by atoms with van der Waals surface area (Å²) in [4.78, 5) is 0. The summed E-state index contributed by atoms with van der Waals surface area (Å²) in [5, 5.41) is 3.12. The number of benzene rings is 5. The van der Waals surface area contributed by atoms with E-state index in [2.05, 4.69) is 18.2 Å². The van der Waals surface area contributed by atoms with Gasteiger partial charge >= 0.3 is 0 Å². The van der Waals surface area contributed by atoms with Crippen LogP contribution in [0.2, 0.25) is 0 Å². The maximum Gasteiger partial charge on any atom is 0.159 e. The van der Waals surface area contributed by atoms with Crippen molar-refractivity contribution in [2.75, 3.05) is 0 Å². The van der Waals surface area contributed by atoms with E-state index in [1.807, 2.05) is 50.2 Å². The maximum atomic E-state index is 14.2. The van der Waals surface area contributed by atoms with Gasteiger partial charge in [0, 0.05) is 0 Å². The Labute approximate surface area is 185 Å². The summed E-state index contributed by atoms with van der Waals surface area (Å²) in [6, 6.07) is 21.8. The summed E-state index contributed by atoms with van der Waals surface area (Å²) in [5.41, 5.74) is 6.78. The minimum atomic E-state index is -0.859. The van der Waals surface area contributed by atoms with E-state index < -0.39 is 11.6 Å². The smallest absolute Gasteiger partial charge is 0.159 e. The summed E-state index contributed by atoms with van der Waals surface area (Å²) >= 11 is 0. The molecule has 0 saturated heterocycles. The maximum absolute atomic E-state index is 14.2. The lowest BCUT2D eigenvalue weighted by Crippen LogP contribution is -1.94. The van der Waals surface area contributed by atoms with E-state index in [1.54, 1.807) is 13.0 Å². The minimum Gasteiger partial charge on any atom is -0.207 e. The van der Waals surface area contributed by atoms with Crippen LogP contribution in [-0.4, -0.2) is 0 Å². The van der Waals surface area contributed by atoms with Crippen molar-refractivity contribution in [3.05, 3.63) is 107 Å². The zero-order valence-corrected chi connectivity index (χ0v) is 18.1.